The Morgan fingerprint density at radius 3 is 2.61 bits per heavy atom. The van der Waals surface area contributed by atoms with Crippen LogP contribution < -0.4 is 10.1 Å². The van der Waals surface area contributed by atoms with E-state index in [1.807, 2.05) is 12.2 Å². The van der Waals surface area contributed by atoms with Gasteiger partial charge in [-0.2, -0.15) is 13.8 Å². The molecule has 2 aliphatic rings. The standard InChI is InChI=1S/C22H24ClF2N3O3/c1-21(24,25)30-17-10-6-14(7-11-17)18-26-20(31-28-18)22(12-2-3-13-22)27-19(29)15-4-8-16(23)9-5-15/h4,6-11,15,19,27,29H,2-3,5,12-13H2,1H3. The Morgan fingerprint density at radius 2 is 2.00 bits per heavy atom. The maximum atomic E-state index is 13.0. The lowest BCUT2D eigenvalue weighted by Gasteiger charge is -2.32. The SMILES string of the molecule is CC(F)(F)Oc1ccc(-c2noc(C3(NC(O)C4C=CC(Cl)=CC4)CCCC3)n2)cc1. The lowest BCUT2D eigenvalue weighted by Crippen LogP contribution is -2.49. The van der Waals surface area contributed by atoms with Gasteiger partial charge in [0.2, 0.25) is 11.7 Å². The van der Waals surface area contributed by atoms with E-state index in [2.05, 4.69) is 20.2 Å². The van der Waals surface area contributed by atoms with Gasteiger partial charge < -0.3 is 14.4 Å². The molecule has 1 saturated carbocycles. The number of nitrogens with one attached hydrogen (secondary N) is 1. The molecule has 2 aromatic rings. The second kappa shape index (κ2) is 8.68. The minimum Gasteiger partial charge on any atom is -0.433 e. The largest absolute Gasteiger partial charge is 0.433 e. The number of aliphatic hydroxyl groups is 1. The molecule has 1 aromatic carbocycles. The molecule has 2 unspecified atom stereocenters. The zero-order valence-corrected chi connectivity index (χ0v) is 17.8. The summed E-state index contributed by atoms with van der Waals surface area (Å²) in [4.78, 5) is 4.56. The van der Waals surface area contributed by atoms with Gasteiger partial charge in [0.1, 0.15) is 17.5 Å². The van der Waals surface area contributed by atoms with Gasteiger partial charge in [-0.25, -0.2) is 0 Å². The van der Waals surface area contributed by atoms with Crippen LogP contribution in [0.15, 0.2) is 52.0 Å². The van der Waals surface area contributed by atoms with Crippen LogP contribution >= 0.6 is 11.6 Å². The Kier molecular flexibility index (Phi) is 6.14. The summed E-state index contributed by atoms with van der Waals surface area (Å²) in [5, 5.41) is 18.9. The van der Waals surface area contributed by atoms with Crippen molar-refractivity contribution in [2.45, 2.75) is 56.9 Å². The Bertz CT molecular complexity index is 963. The number of allylic oxidation sites excluding steroid dienone is 3. The summed E-state index contributed by atoms with van der Waals surface area (Å²) in [6, 6.07) is 6.07. The summed E-state index contributed by atoms with van der Waals surface area (Å²) in [5.41, 5.74) is 0.00186. The van der Waals surface area contributed by atoms with E-state index in [-0.39, 0.29) is 11.7 Å². The monoisotopic (exact) mass is 451 g/mol. The van der Waals surface area contributed by atoms with E-state index in [1.54, 1.807) is 18.2 Å². The van der Waals surface area contributed by atoms with Crippen molar-refractivity contribution in [1.82, 2.24) is 15.5 Å². The van der Waals surface area contributed by atoms with Crippen LogP contribution in [0.3, 0.4) is 0 Å². The van der Waals surface area contributed by atoms with Crippen molar-refractivity contribution in [3.63, 3.8) is 0 Å². The average Bonchev–Trinajstić information content (AvgIpc) is 3.38. The van der Waals surface area contributed by atoms with Crippen molar-refractivity contribution in [1.29, 1.82) is 0 Å². The predicted octanol–water partition coefficient (Wildman–Crippen LogP) is 5.10. The molecule has 6 nitrogen and oxygen atoms in total. The normalized spacial score (nSPS) is 21.7. The maximum absolute atomic E-state index is 13.0. The first-order valence-corrected chi connectivity index (χ1v) is 10.6. The maximum Gasteiger partial charge on any atom is 0.394 e. The fraction of sp³-hybridized carbons (Fsp3) is 0.455. The first-order valence-electron chi connectivity index (χ1n) is 10.3. The van der Waals surface area contributed by atoms with Crippen LogP contribution in [0.4, 0.5) is 8.78 Å². The van der Waals surface area contributed by atoms with Crippen LogP contribution in [0.1, 0.15) is 44.9 Å². The number of hydrogen-bond donors (Lipinski definition) is 2. The van der Waals surface area contributed by atoms with Gasteiger partial charge in [-0.15, -0.1) is 0 Å². The molecular formula is C22H24ClF2N3O3. The number of alkyl halides is 2. The molecule has 2 N–H and O–H groups in total. The van der Waals surface area contributed by atoms with Crippen LogP contribution in [0.5, 0.6) is 5.75 Å². The van der Waals surface area contributed by atoms with Gasteiger partial charge in [-0.05, 0) is 49.6 Å². The van der Waals surface area contributed by atoms with Crippen molar-refractivity contribution in [2.75, 3.05) is 0 Å². The highest BCUT2D eigenvalue weighted by atomic mass is 35.5. The third-order valence-corrected chi connectivity index (χ3v) is 5.90. The number of ether oxygens (including phenoxy) is 1. The molecule has 0 aliphatic heterocycles. The first kappa shape index (κ1) is 21.9. The molecule has 1 aromatic heterocycles. The molecule has 0 amide bonds. The molecular weight excluding hydrogens is 428 g/mol. The molecule has 31 heavy (non-hydrogen) atoms. The molecule has 2 atom stereocenters. The second-order valence-electron chi connectivity index (χ2n) is 8.08. The van der Waals surface area contributed by atoms with Crippen LogP contribution in [0, 0.1) is 5.92 Å². The Labute approximate surface area is 183 Å². The van der Waals surface area contributed by atoms with Crippen LogP contribution in [0.2, 0.25) is 0 Å². The number of rotatable bonds is 7. The molecule has 0 saturated heterocycles. The number of halogens is 3. The van der Waals surface area contributed by atoms with Crippen molar-refractivity contribution in [2.24, 2.45) is 5.92 Å². The number of nitrogens with zero attached hydrogens (tertiary/aromatic N) is 2. The summed E-state index contributed by atoms with van der Waals surface area (Å²) in [7, 11) is 0. The van der Waals surface area contributed by atoms with Crippen LogP contribution in [-0.4, -0.2) is 27.6 Å². The zero-order chi connectivity index (χ0) is 22.1. The Balaban J connectivity index is 1.51. The number of aromatic nitrogens is 2. The molecule has 9 heteroatoms. The minimum absolute atomic E-state index is 0.0479. The molecule has 4 rings (SSSR count). The van der Waals surface area contributed by atoms with E-state index < -0.39 is 17.9 Å². The van der Waals surface area contributed by atoms with Gasteiger partial charge >= 0.3 is 6.11 Å². The van der Waals surface area contributed by atoms with E-state index in [4.69, 9.17) is 16.1 Å². The smallest absolute Gasteiger partial charge is 0.394 e. The molecule has 2 aliphatic carbocycles. The average molecular weight is 452 g/mol. The summed E-state index contributed by atoms with van der Waals surface area (Å²) >= 11 is 5.98. The summed E-state index contributed by atoms with van der Waals surface area (Å²) in [6.07, 6.45) is 5.62. The van der Waals surface area contributed by atoms with Gasteiger partial charge in [-0.3, -0.25) is 5.32 Å². The minimum atomic E-state index is -3.25. The predicted molar refractivity (Wildman–Crippen MR) is 111 cm³/mol. The van der Waals surface area contributed by atoms with Gasteiger partial charge in [-0.1, -0.05) is 41.8 Å². The van der Waals surface area contributed by atoms with E-state index in [9.17, 15) is 13.9 Å². The van der Waals surface area contributed by atoms with Gasteiger partial charge in [0.15, 0.2) is 0 Å². The van der Waals surface area contributed by atoms with Crippen molar-refractivity contribution >= 4 is 11.6 Å². The van der Waals surface area contributed by atoms with E-state index in [0.29, 0.717) is 35.7 Å². The molecule has 1 fully saturated rings. The molecule has 0 bridgehead atoms. The summed E-state index contributed by atoms with van der Waals surface area (Å²) in [6.45, 7) is 0.683. The highest BCUT2D eigenvalue weighted by Crippen LogP contribution is 2.40. The topological polar surface area (TPSA) is 80.4 Å². The number of benzene rings is 1. The van der Waals surface area contributed by atoms with Crippen molar-refractivity contribution in [3.8, 4) is 17.1 Å². The third kappa shape index (κ3) is 5.14. The van der Waals surface area contributed by atoms with E-state index >= 15 is 0 Å². The van der Waals surface area contributed by atoms with E-state index in [0.717, 1.165) is 25.7 Å². The van der Waals surface area contributed by atoms with Gasteiger partial charge in [0.05, 0.1) is 0 Å². The highest BCUT2D eigenvalue weighted by molar-refractivity contribution is 6.31. The van der Waals surface area contributed by atoms with Crippen LogP contribution in [0.25, 0.3) is 11.4 Å². The summed E-state index contributed by atoms with van der Waals surface area (Å²) in [5.74, 6) is 0.700. The first-order chi connectivity index (χ1) is 14.7. The molecule has 0 spiro atoms. The summed E-state index contributed by atoms with van der Waals surface area (Å²) < 4.78 is 36.1. The second-order valence-corrected chi connectivity index (χ2v) is 8.52. The quantitative estimate of drug-likeness (QED) is 0.570. The molecule has 1 heterocycles. The van der Waals surface area contributed by atoms with Crippen molar-refractivity contribution < 1.29 is 23.1 Å². The fourth-order valence-electron chi connectivity index (χ4n) is 4.05. The lowest BCUT2D eigenvalue weighted by atomic mass is 9.93. The highest BCUT2D eigenvalue weighted by Gasteiger charge is 2.43. The van der Waals surface area contributed by atoms with Crippen LogP contribution in [-0.2, 0) is 5.54 Å². The lowest BCUT2D eigenvalue weighted by molar-refractivity contribution is -0.158. The number of aliphatic hydroxyl groups excluding tert-OH is 1. The third-order valence-electron chi connectivity index (χ3n) is 5.62. The van der Waals surface area contributed by atoms with E-state index in [1.165, 1.54) is 12.1 Å². The molecule has 0 radical (unpaired) electrons. The van der Waals surface area contributed by atoms with Gasteiger partial charge in [0.25, 0.3) is 0 Å². The Morgan fingerprint density at radius 1 is 1.29 bits per heavy atom. The van der Waals surface area contributed by atoms with Crippen molar-refractivity contribution in [3.05, 3.63) is 53.4 Å². The van der Waals surface area contributed by atoms with Gasteiger partial charge in [0, 0.05) is 23.4 Å². The zero-order valence-electron chi connectivity index (χ0n) is 17.0. The fourth-order valence-corrected chi connectivity index (χ4v) is 4.21. The molecule has 166 valence electrons. The Hall–Kier alpha value is -2.29. The number of hydrogen-bond acceptors (Lipinski definition) is 6.